The Balaban J connectivity index is 1.42. The van der Waals surface area contributed by atoms with Gasteiger partial charge >= 0.3 is 0 Å². The van der Waals surface area contributed by atoms with Crippen LogP contribution in [0.25, 0.3) is 0 Å². The van der Waals surface area contributed by atoms with E-state index in [1.54, 1.807) is 0 Å². The Morgan fingerprint density at radius 1 is 1.40 bits per heavy atom. The number of nitrogens with one attached hydrogen (secondary N) is 3. The zero-order valence-electron chi connectivity index (χ0n) is 14.6. The van der Waals surface area contributed by atoms with E-state index < -0.39 is 0 Å². The highest BCUT2D eigenvalue weighted by Crippen LogP contribution is 2.39. The van der Waals surface area contributed by atoms with Gasteiger partial charge in [0, 0.05) is 44.3 Å². The third kappa shape index (κ3) is 3.19. The van der Waals surface area contributed by atoms with Crippen molar-refractivity contribution in [1.82, 2.24) is 25.7 Å². The van der Waals surface area contributed by atoms with Crippen LogP contribution in [0, 0.1) is 18.3 Å². The van der Waals surface area contributed by atoms with Crippen molar-refractivity contribution in [1.29, 1.82) is 0 Å². The van der Waals surface area contributed by atoms with E-state index in [1.807, 2.05) is 19.1 Å². The molecule has 3 heterocycles. The summed E-state index contributed by atoms with van der Waals surface area (Å²) < 4.78 is 0. The molecule has 0 radical (unpaired) electrons. The Morgan fingerprint density at radius 3 is 3.00 bits per heavy atom. The second-order valence-corrected chi connectivity index (χ2v) is 7.36. The molecule has 132 valence electrons. The molecule has 1 amide bonds. The third-order valence-corrected chi connectivity index (χ3v) is 5.49. The summed E-state index contributed by atoms with van der Waals surface area (Å²) in [7, 11) is 0. The van der Waals surface area contributed by atoms with E-state index in [9.17, 15) is 4.79 Å². The minimum atomic E-state index is -0.319. The molecule has 0 spiro atoms. The number of benzene rings is 1. The second-order valence-electron chi connectivity index (χ2n) is 7.36. The number of aryl methyl sites for hydroxylation is 1. The normalized spacial score (nSPS) is 25.9. The summed E-state index contributed by atoms with van der Waals surface area (Å²) in [5, 5.41) is 13.7. The molecule has 6 heteroatoms. The van der Waals surface area contributed by atoms with Crippen LogP contribution in [-0.4, -0.2) is 47.2 Å². The lowest BCUT2D eigenvalue weighted by atomic mass is 9.80. The van der Waals surface area contributed by atoms with Crippen LogP contribution in [0.4, 0.5) is 0 Å². The van der Waals surface area contributed by atoms with Gasteiger partial charge in [0.1, 0.15) is 0 Å². The molecule has 2 fully saturated rings. The molecule has 3 N–H and O–H groups in total. The first-order valence-corrected chi connectivity index (χ1v) is 8.92. The number of fused-ring (bicyclic) bond motifs is 1. The van der Waals surface area contributed by atoms with Gasteiger partial charge in [0.05, 0.1) is 17.7 Å². The summed E-state index contributed by atoms with van der Waals surface area (Å²) in [5.74, 6) is 0.524. The highest BCUT2D eigenvalue weighted by atomic mass is 16.2. The summed E-state index contributed by atoms with van der Waals surface area (Å²) in [6.45, 7) is 6.81. The first-order chi connectivity index (χ1) is 12.2. The molecule has 2 aliphatic heterocycles. The number of aromatic amines is 1. The quantitative estimate of drug-likeness (QED) is 0.761. The Bertz CT molecular complexity index is 743. The molecular formula is C19H25N5O. The molecule has 1 aromatic heterocycles. The molecule has 2 atom stereocenters. The number of amides is 1. The molecule has 2 saturated heterocycles. The molecule has 4 rings (SSSR count). The highest BCUT2D eigenvalue weighted by Gasteiger charge is 2.54. The lowest BCUT2D eigenvalue weighted by Gasteiger charge is -2.26. The van der Waals surface area contributed by atoms with E-state index in [2.05, 4.69) is 50.0 Å². The lowest BCUT2D eigenvalue weighted by Crippen LogP contribution is -2.47. The van der Waals surface area contributed by atoms with Crippen LogP contribution in [-0.2, 0) is 17.9 Å². The number of rotatable bonds is 5. The van der Waals surface area contributed by atoms with Crippen LogP contribution in [0.1, 0.15) is 17.0 Å². The van der Waals surface area contributed by atoms with Crippen molar-refractivity contribution in [2.24, 2.45) is 11.3 Å². The van der Waals surface area contributed by atoms with Crippen LogP contribution < -0.4 is 10.6 Å². The number of carbonyl (C=O) groups is 1. The molecular weight excluding hydrogens is 314 g/mol. The maximum atomic E-state index is 13.0. The van der Waals surface area contributed by atoms with Gasteiger partial charge in [0.15, 0.2) is 0 Å². The number of carbonyl (C=O) groups excluding carboxylic acids is 1. The Morgan fingerprint density at radius 2 is 2.24 bits per heavy atom. The monoisotopic (exact) mass is 339 g/mol. The predicted octanol–water partition coefficient (Wildman–Crippen LogP) is 1.06. The van der Waals surface area contributed by atoms with Crippen molar-refractivity contribution in [2.75, 3.05) is 26.2 Å². The van der Waals surface area contributed by atoms with Gasteiger partial charge < -0.3 is 10.6 Å². The molecule has 2 aromatic rings. The summed E-state index contributed by atoms with van der Waals surface area (Å²) in [6, 6.07) is 12.5. The van der Waals surface area contributed by atoms with Crippen molar-refractivity contribution in [3.05, 3.63) is 53.3 Å². The van der Waals surface area contributed by atoms with Gasteiger partial charge in [0.2, 0.25) is 5.91 Å². The minimum absolute atomic E-state index is 0.152. The van der Waals surface area contributed by atoms with E-state index in [4.69, 9.17) is 0 Å². The first kappa shape index (κ1) is 16.3. The number of aromatic nitrogens is 2. The first-order valence-electron chi connectivity index (χ1n) is 8.92. The Labute approximate surface area is 148 Å². The number of nitrogens with zero attached hydrogens (tertiary/aromatic N) is 2. The molecule has 6 nitrogen and oxygen atoms in total. The minimum Gasteiger partial charge on any atom is -0.350 e. The van der Waals surface area contributed by atoms with E-state index >= 15 is 0 Å². The van der Waals surface area contributed by atoms with E-state index in [1.165, 1.54) is 5.56 Å². The van der Waals surface area contributed by atoms with Crippen LogP contribution in [0.3, 0.4) is 0 Å². The SMILES string of the molecule is Cc1cc(CNC(=O)[C@@]23CNC[C@@H]2CN(Cc2ccccc2)C3)n[nH]1. The second kappa shape index (κ2) is 6.61. The molecule has 0 aliphatic carbocycles. The van der Waals surface area contributed by atoms with Crippen molar-refractivity contribution in [3.8, 4) is 0 Å². The fourth-order valence-electron chi connectivity index (χ4n) is 4.22. The van der Waals surface area contributed by atoms with Crippen LogP contribution in [0.2, 0.25) is 0 Å². The maximum absolute atomic E-state index is 13.0. The van der Waals surface area contributed by atoms with Gasteiger partial charge in [-0.3, -0.25) is 14.8 Å². The van der Waals surface area contributed by atoms with E-state index in [0.29, 0.717) is 12.5 Å². The summed E-state index contributed by atoms with van der Waals surface area (Å²) in [6.07, 6.45) is 0. The van der Waals surface area contributed by atoms with E-state index in [0.717, 1.165) is 44.1 Å². The van der Waals surface area contributed by atoms with Gasteiger partial charge in [-0.15, -0.1) is 0 Å². The van der Waals surface area contributed by atoms with Crippen molar-refractivity contribution < 1.29 is 4.79 Å². The third-order valence-electron chi connectivity index (χ3n) is 5.49. The number of likely N-dealkylation sites (tertiary alicyclic amines) is 1. The average Bonchev–Trinajstić information content (AvgIpc) is 3.28. The lowest BCUT2D eigenvalue weighted by molar-refractivity contribution is -0.131. The largest absolute Gasteiger partial charge is 0.350 e. The number of H-pyrrole nitrogens is 1. The smallest absolute Gasteiger partial charge is 0.229 e. The summed E-state index contributed by atoms with van der Waals surface area (Å²) in [5.41, 5.74) is 2.87. The zero-order valence-corrected chi connectivity index (χ0v) is 14.6. The standard InChI is InChI=1S/C19H25N5O/c1-14-7-17(23-22-14)9-21-18(25)19-12-20-8-16(19)11-24(13-19)10-15-5-3-2-4-6-15/h2-7,16,20H,8-13H2,1H3,(H,21,25)(H,22,23)/t16-,19-/m1/s1. The Hall–Kier alpha value is -2.18. The molecule has 0 unspecified atom stereocenters. The van der Waals surface area contributed by atoms with Gasteiger partial charge in [-0.25, -0.2) is 0 Å². The topological polar surface area (TPSA) is 73.1 Å². The van der Waals surface area contributed by atoms with Gasteiger partial charge in [-0.2, -0.15) is 5.10 Å². The number of hydrogen-bond donors (Lipinski definition) is 3. The molecule has 1 aromatic carbocycles. The summed E-state index contributed by atoms with van der Waals surface area (Å²) >= 11 is 0. The van der Waals surface area contributed by atoms with E-state index in [-0.39, 0.29) is 11.3 Å². The van der Waals surface area contributed by atoms with Crippen LogP contribution >= 0.6 is 0 Å². The van der Waals surface area contributed by atoms with Crippen LogP contribution in [0.15, 0.2) is 36.4 Å². The molecule has 0 saturated carbocycles. The van der Waals surface area contributed by atoms with Crippen LogP contribution in [0.5, 0.6) is 0 Å². The fourth-order valence-corrected chi connectivity index (χ4v) is 4.22. The maximum Gasteiger partial charge on any atom is 0.229 e. The average molecular weight is 339 g/mol. The van der Waals surface area contributed by atoms with Crippen molar-refractivity contribution in [2.45, 2.75) is 20.0 Å². The van der Waals surface area contributed by atoms with Gasteiger partial charge in [-0.05, 0) is 18.6 Å². The predicted molar refractivity (Wildman–Crippen MR) is 95.7 cm³/mol. The molecule has 2 aliphatic rings. The fraction of sp³-hybridized carbons (Fsp3) is 0.474. The number of hydrogen-bond acceptors (Lipinski definition) is 4. The van der Waals surface area contributed by atoms with Gasteiger partial charge in [-0.1, -0.05) is 30.3 Å². The van der Waals surface area contributed by atoms with Crippen molar-refractivity contribution >= 4 is 5.91 Å². The molecule has 0 bridgehead atoms. The molecule has 25 heavy (non-hydrogen) atoms. The summed E-state index contributed by atoms with van der Waals surface area (Å²) in [4.78, 5) is 15.4. The van der Waals surface area contributed by atoms with Crippen molar-refractivity contribution in [3.63, 3.8) is 0 Å². The highest BCUT2D eigenvalue weighted by molar-refractivity contribution is 5.84. The van der Waals surface area contributed by atoms with Gasteiger partial charge in [0.25, 0.3) is 0 Å². The Kier molecular flexibility index (Phi) is 4.31. The zero-order chi connectivity index (χ0) is 17.3.